The van der Waals surface area contributed by atoms with Crippen LogP contribution in [0.2, 0.25) is 0 Å². The third-order valence-corrected chi connectivity index (χ3v) is 5.23. The molecular weight excluding hydrogens is 426 g/mol. The summed E-state index contributed by atoms with van der Waals surface area (Å²) in [6.45, 7) is 3.60. The highest BCUT2D eigenvalue weighted by atomic mass is 79.9. The molecule has 8 nitrogen and oxygen atoms in total. The first-order valence-electron chi connectivity index (χ1n) is 8.85. The van der Waals surface area contributed by atoms with E-state index in [0.29, 0.717) is 43.3 Å². The molecule has 1 aromatic carbocycles. The number of carbonyl (C=O) groups excluding carboxylic acids is 2. The molecule has 3 heterocycles. The van der Waals surface area contributed by atoms with Gasteiger partial charge in [-0.05, 0) is 37.3 Å². The van der Waals surface area contributed by atoms with Crippen LogP contribution in [-0.4, -0.2) is 62.8 Å². The van der Waals surface area contributed by atoms with Gasteiger partial charge in [0, 0.05) is 30.7 Å². The first kappa shape index (κ1) is 18.4. The topological polar surface area (TPSA) is 84.5 Å². The summed E-state index contributed by atoms with van der Waals surface area (Å²) in [5.41, 5.74) is 1.83. The molecule has 1 aliphatic heterocycles. The van der Waals surface area contributed by atoms with Crippen molar-refractivity contribution in [2.75, 3.05) is 26.2 Å². The monoisotopic (exact) mass is 443 g/mol. The zero-order valence-electron chi connectivity index (χ0n) is 15.2. The van der Waals surface area contributed by atoms with Gasteiger partial charge in [-0.25, -0.2) is 4.68 Å². The average molecular weight is 444 g/mol. The molecule has 0 N–H and O–H groups in total. The van der Waals surface area contributed by atoms with E-state index in [1.54, 1.807) is 26.6 Å². The molecule has 1 fully saturated rings. The van der Waals surface area contributed by atoms with Crippen LogP contribution in [0, 0.1) is 6.92 Å². The smallest absolute Gasteiger partial charge is 0.289 e. The highest BCUT2D eigenvalue weighted by Gasteiger charge is 2.29. The van der Waals surface area contributed by atoms with E-state index < -0.39 is 0 Å². The van der Waals surface area contributed by atoms with E-state index in [1.165, 1.54) is 6.26 Å². The molecule has 0 saturated carbocycles. The quantitative estimate of drug-likeness (QED) is 0.620. The Bertz CT molecular complexity index is 1010. The van der Waals surface area contributed by atoms with E-state index in [9.17, 15) is 9.59 Å². The van der Waals surface area contributed by atoms with E-state index in [0.717, 1.165) is 10.2 Å². The average Bonchev–Trinajstić information content (AvgIpc) is 3.37. The molecule has 9 heteroatoms. The Hall–Kier alpha value is -2.94. The summed E-state index contributed by atoms with van der Waals surface area (Å²) in [6.07, 6.45) is 1.48. The molecule has 0 bridgehead atoms. The van der Waals surface area contributed by atoms with Crippen LogP contribution in [0.4, 0.5) is 0 Å². The van der Waals surface area contributed by atoms with E-state index >= 15 is 0 Å². The van der Waals surface area contributed by atoms with Crippen LogP contribution in [-0.2, 0) is 0 Å². The second-order valence-electron chi connectivity index (χ2n) is 6.48. The highest BCUT2D eigenvalue weighted by molar-refractivity contribution is 9.10. The van der Waals surface area contributed by atoms with Crippen LogP contribution in [0.5, 0.6) is 0 Å². The van der Waals surface area contributed by atoms with Gasteiger partial charge in [0.1, 0.15) is 0 Å². The molecule has 0 atom stereocenters. The summed E-state index contributed by atoms with van der Waals surface area (Å²) < 4.78 is 7.73. The fourth-order valence-electron chi connectivity index (χ4n) is 3.20. The molecule has 0 radical (unpaired) electrons. The molecule has 0 aliphatic carbocycles. The zero-order chi connectivity index (χ0) is 19.7. The number of piperazine rings is 1. The van der Waals surface area contributed by atoms with Crippen LogP contribution in [0.15, 0.2) is 51.6 Å². The lowest BCUT2D eigenvalue weighted by Gasteiger charge is -2.34. The maximum atomic E-state index is 12.9. The predicted molar refractivity (Wildman–Crippen MR) is 104 cm³/mol. The summed E-state index contributed by atoms with van der Waals surface area (Å²) in [5, 5.41) is 8.24. The van der Waals surface area contributed by atoms with Crippen molar-refractivity contribution < 1.29 is 14.0 Å². The van der Waals surface area contributed by atoms with Crippen molar-refractivity contribution in [3.63, 3.8) is 0 Å². The minimum Gasteiger partial charge on any atom is -0.459 e. The van der Waals surface area contributed by atoms with Crippen molar-refractivity contribution in [3.05, 3.63) is 64.3 Å². The fraction of sp³-hybridized carbons (Fsp3) is 0.263. The van der Waals surface area contributed by atoms with Gasteiger partial charge in [-0.15, -0.1) is 5.10 Å². The standard InChI is InChI=1S/C19H18BrN5O3/c1-13-17(21-22-25(13)15-5-2-4-14(20)12-15)19(27)24-9-7-23(8-10-24)18(26)16-6-3-11-28-16/h2-6,11-12H,7-10H2,1H3. The number of rotatable bonds is 3. The van der Waals surface area contributed by atoms with E-state index in [2.05, 4.69) is 26.2 Å². The number of hydrogen-bond acceptors (Lipinski definition) is 5. The van der Waals surface area contributed by atoms with Crippen molar-refractivity contribution in [2.45, 2.75) is 6.92 Å². The Labute approximate surface area is 169 Å². The molecule has 0 spiro atoms. The third kappa shape index (κ3) is 3.45. The molecule has 0 unspecified atom stereocenters. The van der Waals surface area contributed by atoms with E-state index in [4.69, 9.17) is 4.42 Å². The van der Waals surface area contributed by atoms with Crippen LogP contribution in [0.3, 0.4) is 0 Å². The number of halogens is 1. The normalized spacial score (nSPS) is 14.4. The molecule has 28 heavy (non-hydrogen) atoms. The Morgan fingerprint density at radius 2 is 1.75 bits per heavy atom. The second-order valence-corrected chi connectivity index (χ2v) is 7.39. The summed E-state index contributed by atoms with van der Waals surface area (Å²) in [6, 6.07) is 11.0. The van der Waals surface area contributed by atoms with Crippen molar-refractivity contribution in [2.24, 2.45) is 0 Å². The number of nitrogens with zero attached hydrogens (tertiary/aromatic N) is 5. The molecular formula is C19H18BrN5O3. The molecule has 4 rings (SSSR count). The predicted octanol–water partition coefficient (Wildman–Crippen LogP) is 2.53. The summed E-state index contributed by atoms with van der Waals surface area (Å²) in [7, 11) is 0. The van der Waals surface area contributed by atoms with Gasteiger partial charge in [-0.1, -0.05) is 27.2 Å². The minimum absolute atomic E-state index is 0.158. The first-order chi connectivity index (χ1) is 13.5. The van der Waals surface area contributed by atoms with Gasteiger partial charge in [0.15, 0.2) is 11.5 Å². The van der Waals surface area contributed by atoms with Gasteiger partial charge in [0.05, 0.1) is 17.6 Å². The van der Waals surface area contributed by atoms with Crippen molar-refractivity contribution in [1.82, 2.24) is 24.8 Å². The summed E-state index contributed by atoms with van der Waals surface area (Å²) in [4.78, 5) is 28.7. The number of carbonyl (C=O) groups is 2. The maximum Gasteiger partial charge on any atom is 0.289 e. The minimum atomic E-state index is -0.177. The van der Waals surface area contributed by atoms with Crippen molar-refractivity contribution in [3.8, 4) is 5.69 Å². The second kappa shape index (κ2) is 7.59. The summed E-state index contributed by atoms with van der Waals surface area (Å²) >= 11 is 3.44. The number of benzene rings is 1. The molecule has 1 saturated heterocycles. The maximum absolute atomic E-state index is 12.9. The van der Waals surface area contributed by atoms with Crippen molar-refractivity contribution in [1.29, 1.82) is 0 Å². The lowest BCUT2D eigenvalue weighted by atomic mass is 10.2. The fourth-order valence-corrected chi connectivity index (χ4v) is 3.59. The Morgan fingerprint density at radius 3 is 2.39 bits per heavy atom. The van der Waals surface area contributed by atoms with Gasteiger partial charge >= 0.3 is 0 Å². The number of aromatic nitrogens is 3. The van der Waals surface area contributed by atoms with Crippen LogP contribution in [0.25, 0.3) is 5.69 Å². The highest BCUT2D eigenvalue weighted by Crippen LogP contribution is 2.19. The van der Waals surface area contributed by atoms with E-state index in [-0.39, 0.29) is 11.8 Å². The van der Waals surface area contributed by atoms with Gasteiger partial charge in [-0.3, -0.25) is 9.59 Å². The first-order valence-corrected chi connectivity index (χ1v) is 9.64. The lowest BCUT2D eigenvalue weighted by Crippen LogP contribution is -2.50. The van der Waals surface area contributed by atoms with Crippen LogP contribution < -0.4 is 0 Å². The van der Waals surface area contributed by atoms with Crippen LogP contribution >= 0.6 is 15.9 Å². The number of hydrogen-bond donors (Lipinski definition) is 0. The van der Waals surface area contributed by atoms with Crippen molar-refractivity contribution >= 4 is 27.7 Å². The van der Waals surface area contributed by atoms with Gasteiger partial charge in [-0.2, -0.15) is 0 Å². The van der Waals surface area contributed by atoms with E-state index in [1.807, 2.05) is 31.2 Å². The summed E-state index contributed by atoms with van der Waals surface area (Å²) in [5.74, 6) is -0.0229. The number of amides is 2. The zero-order valence-corrected chi connectivity index (χ0v) is 16.8. The molecule has 2 aromatic heterocycles. The van der Waals surface area contributed by atoms with Gasteiger partial charge in [0.25, 0.3) is 11.8 Å². The SMILES string of the molecule is Cc1c(C(=O)N2CCN(C(=O)c3ccco3)CC2)nnn1-c1cccc(Br)c1. The largest absolute Gasteiger partial charge is 0.459 e. The lowest BCUT2D eigenvalue weighted by molar-refractivity contribution is 0.0514. The Balaban J connectivity index is 1.45. The van der Waals surface area contributed by atoms with Crippen LogP contribution in [0.1, 0.15) is 26.7 Å². The Kier molecular flexibility index (Phi) is 4.99. The molecule has 144 valence electrons. The molecule has 1 aliphatic rings. The molecule has 3 aromatic rings. The number of furan rings is 1. The third-order valence-electron chi connectivity index (χ3n) is 4.74. The van der Waals surface area contributed by atoms with Gasteiger partial charge in [0.2, 0.25) is 0 Å². The van der Waals surface area contributed by atoms with Gasteiger partial charge < -0.3 is 14.2 Å². The molecule has 2 amide bonds. The Morgan fingerprint density at radius 1 is 1.04 bits per heavy atom.